The Bertz CT molecular complexity index is 448. The fourth-order valence-corrected chi connectivity index (χ4v) is 1.25. The number of phenolic OH excluding ortho intramolecular Hbond substituents is 1. The van der Waals surface area contributed by atoms with Gasteiger partial charge in [0.15, 0.2) is 0 Å². The molecule has 17 heavy (non-hydrogen) atoms. The minimum atomic E-state index is -0.821. The average Bonchev–Trinajstić information content (AvgIpc) is 2.28. The second kappa shape index (κ2) is 5.29. The summed E-state index contributed by atoms with van der Waals surface area (Å²) >= 11 is 0. The van der Waals surface area contributed by atoms with Crippen molar-refractivity contribution in [2.45, 2.75) is 0 Å². The minimum Gasteiger partial charge on any atom is -0.508 e. The van der Waals surface area contributed by atoms with Crippen LogP contribution in [-0.4, -0.2) is 42.5 Å². The van der Waals surface area contributed by atoms with Crippen LogP contribution in [0.3, 0.4) is 0 Å². The molecule has 0 aliphatic carbocycles. The quantitative estimate of drug-likeness (QED) is 0.801. The zero-order chi connectivity index (χ0) is 13.0. The maximum Gasteiger partial charge on any atom is 0.257 e. The van der Waals surface area contributed by atoms with Crippen molar-refractivity contribution in [1.82, 2.24) is 10.2 Å². The molecule has 0 bridgehead atoms. The molecule has 0 aromatic heterocycles. The van der Waals surface area contributed by atoms with Crippen LogP contribution >= 0.6 is 0 Å². The van der Waals surface area contributed by atoms with Gasteiger partial charge in [-0.2, -0.15) is 0 Å². The van der Waals surface area contributed by atoms with Crippen LogP contribution in [0.2, 0.25) is 0 Å². The highest BCUT2D eigenvalue weighted by molar-refractivity contribution is 5.96. The summed E-state index contributed by atoms with van der Waals surface area (Å²) in [7, 11) is 2.84. The number of phenols is 1. The van der Waals surface area contributed by atoms with Crippen molar-refractivity contribution in [1.29, 1.82) is 0 Å². The Morgan fingerprint density at radius 3 is 2.65 bits per heavy atom. The third kappa shape index (κ3) is 3.17. The van der Waals surface area contributed by atoms with Gasteiger partial charge in [0.05, 0.1) is 12.1 Å². The monoisotopic (exact) mass is 240 g/mol. The highest BCUT2D eigenvalue weighted by Crippen LogP contribution is 2.16. The molecule has 1 aromatic rings. The van der Waals surface area contributed by atoms with Crippen molar-refractivity contribution >= 4 is 11.8 Å². The van der Waals surface area contributed by atoms with Crippen molar-refractivity contribution in [3.8, 4) is 5.75 Å². The summed E-state index contributed by atoms with van der Waals surface area (Å²) in [5, 5.41) is 11.4. The molecule has 0 atom stereocenters. The molecule has 0 heterocycles. The molecule has 1 rings (SSSR count). The van der Waals surface area contributed by atoms with Crippen LogP contribution in [0.15, 0.2) is 18.2 Å². The van der Waals surface area contributed by atoms with E-state index < -0.39 is 11.7 Å². The van der Waals surface area contributed by atoms with E-state index in [2.05, 4.69) is 5.32 Å². The Morgan fingerprint density at radius 2 is 2.12 bits per heavy atom. The van der Waals surface area contributed by atoms with Gasteiger partial charge in [0.1, 0.15) is 11.6 Å². The van der Waals surface area contributed by atoms with Gasteiger partial charge >= 0.3 is 0 Å². The van der Waals surface area contributed by atoms with Gasteiger partial charge in [0.25, 0.3) is 5.91 Å². The van der Waals surface area contributed by atoms with Crippen LogP contribution in [0.4, 0.5) is 4.39 Å². The lowest BCUT2D eigenvalue weighted by Gasteiger charge is -2.16. The number of nitrogens with one attached hydrogen (secondary N) is 1. The van der Waals surface area contributed by atoms with Crippen LogP contribution in [0.25, 0.3) is 0 Å². The second-order valence-electron chi connectivity index (χ2n) is 3.50. The normalized spacial score (nSPS) is 9.82. The van der Waals surface area contributed by atoms with E-state index >= 15 is 0 Å². The molecule has 0 saturated carbocycles. The van der Waals surface area contributed by atoms with E-state index in [1.165, 1.54) is 26.2 Å². The van der Waals surface area contributed by atoms with E-state index in [1.54, 1.807) is 0 Å². The number of amides is 2. The number of halogens is 1. The molecule has 0 saturated heterocycles. The molecule has 92 valence electrons. The summed E-state index contributed by atoms with van der Waals surface area (Å²) in [6.07, 6.45) is 0. The standard InChI is InChI=1S/C11H13FN2O3/c1-13-10(16)6-14(2)11(17)8-4-3-7(15)5-9(8)12/h3-5,15H,6H2,1-2H3,(H,13,16). The molecule has 0 aliphatic rings. The van der Waals surface area contributed by atoms with Gasteiger partial charge in [-0.15, -0.1) is 0 Å². The number of aromatic hydroxyl groups is 1. The smallest absolute Gasteiger partial charge is 0.257 e. The van der Waals surface area contributed by atoms with E-state index in [4.69, 9.17) is 5.11 Å². The maximum atomic E-state index is 13.4. The summed E-state index contributed by atoms with van der Waals surface area (Å²) in [4.78, 5) is 23.9. The van der Waals surface area contributed by atoms with Gasteiger partial charge in [0.2, 0.25) is 5.91 Å². The molecule has 2 N–H and O–H groups in total. The number of benzene rings is 1. The first kappa shape index (κ1) is 13.0. The molecular weight excluding hydrogens is 227 g/mol. The number of carbonyl (C=O) groups excluding carboxylic acids is 2. The van der Waals surface area contributed by atoms with E-state index in [0.29, 0.717) is 0 Å². The number of nitrogens with zero attached hydrogens (tertiary/aromatic N) is 1. The minimum absolute atomic E-state index is 0.157. The average molecular weight is 240 g/mol. The molecular formula is C11H13FN2O3. The second-order valence-corrected chi connectivity index (χ2v) is 3.50. The molecule has 1 aromatic carbocycles. The number of carbonyl (C=O) groups is 2. The van der Waals surface area contributed by atoms with Crippen molar-refractivity contribution in [3.63, 3.8) is 0 Å². The molecule has 0 spiro atoms. The Kier molecular flexibility index (Phi) is 4.03. The lowest BCUT2D eigenvalue weighted by molar-refractivity contribution is -0.121. The van der Waals surface area contributed by atoms with Gasteiger partial charge in [-0.25, -0.2) is 4.39 Å². The van der Waals surface area contributed by atoms with Crippen LogP contribution in [0.1, 0.15) is 10.4 Å². The highest BCUT2D eigenvalue weighted by Gasteiger charge is 2.18. The van der Waals surface area contributed by atoms with Crippen molar-refractivity contribution in [2.75, 3.05) is 20.6 Å². The summed E-state index contributed by atoms with van der Waals surface area (Å²) in [5.74, 6) is -2.04. The predicted molar refractivity (Wildman–Crippen MR) is 59.1 cm³/mol. The summed E-state index contributed by atoms with van der Waals surface area (Å²) in [6, 6.07) is 3.23. The Labute approximate surface area is 97.8 Å². The third-order valence-corrected chi connectivity index (χ3v) is 2.19. The van der Waals surface area contributed by atoms with Crippen LogP contribution in [-0.2, 0) is 4.79 Å². The predicted octanol–water partition coefficient (Wildman–Crippen LogP) is 0.349. The number of rotatable bonds is 3. The maximum absolute atomic E-state index is 13.4. The van der Waals surface area contributed by atoms with Gasteiger partial charge in [0, 0.05) is 20.2 Å². The summed E-state index contributed by atoms with van der Waals surface area (Å²) in [6.45, 7) is -0.157. The van der Waals surface area contributed by atoms with Gasteiger partial charge in [-0.3, -0.25) is 9.59 Å². The molecule has 0 aliphatic heterocycles. The van der Waals surface area contributed by atoms with Crippen molar-refractivity contribution < 1.29 is 19.1 Å². The first-order valence-electron chi connectivity index (χ1n) is 4.90. The summed E-state index contributed by atoms with van der Waals surface area (Å²) < 4.78 is 13.4. The molecule has 6 heteroatoms. The first-order valence-corrected chi connectivity index (χ1v) is 4.90. The Morgan fingerprint density at radius 1 is 1.47 bits per heavy atom. The molecule has 0 unspecified atom stereocenters. The highest BCUT2D eigenvalue weighted by atomic mass is 19.1. The molecule has 0 fully saturated rings. The number of hydrogen-bond acceptors (Lipinski definition) is 3. The largest absolute Gasteiger partial charge is 0.508 e. The van der Waals surface area contributed by atoms with E-state index in [1.807, 2.05) is 0 Å². The van der Waals surface area contributed by atoms with Gasteiger partial charge in [-0.05, 0) is 12.1 Å². The topological polar surface area (TPSA) is 69.6 Å². The third-order valence-electron chi connectivity index (χ3n) is 2.19. The van der Waals surface area contributed by atoms with Crippen molar-refractivity contribution in [2.24, 2.45) is 0 Å². The molecule has 2 amide bonds. The van der Waals surface area contributed by atoms with E-state index in [9.17, 15) is 14.0 Å². The fourth-order valence-electron chi connectivity index (χ4n) is 1.25. The Hall–Kier alpha value is -2.11. The lowest BCUT2D eigenvalue weighted by atomic mass is 10.2. The van der Waals surface area contributed by atoms with Gasteiger partial charge < -0.3 is 15.3 Å². The lowest BCUT2D eigenvalue weighted by Crippen LogP contribution is -2.37. The SMILES string of the molecule is CNC(=O)CN(C)C(=O)c1ccc(O)cc1F. The fraction of sp³-hybridized carbons (Fsp3) is 0.273. The zero-order valence-corrected chi connectivity index (χ0v) is 9.53. The Balaban J connectivity index is 2.85. The summed E-state index contributed by atoms with van der Waals surface area (Å²) in [5.41, 5.74) is -0.186. The first-order chi connectivity index (χ1) is 7.95. The number of hydrogen-bond donors (Lipinski definition) is 2. The van der Waals surface area contributed by atoms with Crippen LogP contribution in [0, 0.1) is 5.82 Å². The zero-order valence-electron chi connectivity index (χ0n) is 9.53. The molecule has 5 nitrogen and oxygen atoms in total. The number of likely N-dealkylation sites (N-methyl/N-ethyl adjacent to an activating group) is 2. The van der Waals surface area contributed by atoms with Gasteiger partial charge in [-0.1, -0.05) is 0 Å². The van der Waals surface area contributed by atoms with Crippen LogP contribution in [0.5, 0.6) is 5.75 Å². The van der Waals surface area contributed by atoms with Crippen LogP contribution < -0.4 is 5.32 Å². The van der Waals surface area contributed by atoms with Crippen molar-refractivity contribution in [3.05, 3.63) is 29.6 Å². The van der Waals surface area contributed by atoms with E-state index in [0.717, 1.165) is 11.0 Å². The molecule has 0 radical (unpaired) electrons. The van der Waals surface area contributed by atoms with E-state index in [-0.39, 0.29) is 23.8 Å².